The van der Waals surface area contributed by atoms with Gasteiger partial charge in [0.2, 0.25) is 0 Å². The van der Waals surface area contributed by atoms with Gasteiger partial charge in [0, 0.05) is 10.5 Å². The molecule has 1 aromatic heterocycles. The summed E-state index contributed by atoms with van der Waals surface area (Å²) in [5, 5.41) is 26.5. The maximum absolute atomic E-state index is 10.1. The van der Waals surface area contributed by atoms with Gasteiger partial charge in [0.1, 0.15) is 11.5 Å². The first-order valence-electron chi connectivity index (χ1n) is 6.43. The van der Waals surface area contributed by atoms with E-state index in [1.54, 1.807) is 10.6 Å². The molecule has 5 nitrogen and oxygen atoms in total. The molecule has 0 atom stereocenters. The Morgan fingerprint density at radius 3 is 2.64 bits per heavy atom. The number of rotatable bonds is 2. The van der Waals surface area contributed by atoms with Gasteiger partial charge in [-0.1, -0.05) is 15.9 Å². The SMILES string of the molecule is Cc1cc(Br)ccc1-n1c(-c2ccc(O)cc2O)n[nH]c1=S. The van der Waals surface area contributed by atoms with E-state index >= 15 is 0 Å². The van der Waals surface area contributed by atoms with Gasteiger partial charge in [-0.25, -0.2) is 0 Å². The van der Waals surface area contributed by atoms with E-state index in [2.05, 4.69) is 26.1 Å². The summed E-state index contributed by atoms with van der Waals surface area (Å²) in [5.74, 6) is 0.402. The van der Waals surface area contributed by atoms with Gasteiger partial charge >= 0.3 is 0 Å². The molecule has 0 saturated carbocycles. The highest BCUT2D eigenvalue weighted by atomic mass is 79.9. The number of benzene rings is 2. The van der Waals surface area contributed by atoms with Crippen molar-refractivity contribution in [3.8, 4) is 28.6 Å². The number of H-pyrrole nitrogens is 1. The maximum atomic E-state index is 10.1. The van der Waals surface area contributed by atoms with Crippen LogP contribution < -0.4 is 0 Å². The first-order chi connectivity index (χ1) is 10.5. The number of nitrogens with zero attached hydrogens (tertiary/aromatic N) is 2. The average molecular weight is 378 g/mol. The van der Waals surface area contributed by atoms with Crippen molar-refractivity contribution in [2.45, 2.75) is 6.92 Å². The lowest BCUT2D eigenvalue weighted by Crippen LogP contribution is -2.00. The molecule has 3 aromatic rings. The quantitative estimate of drug-likeness (QED) is 0.588. The van der Waals surface area contributed by atoms with E-state index in [1.807, 2.05) is 25.1 Å². The molecular weight excluding hydrogens is 366 g/mol. The predicted molar refractivity (Wildman–Crippen MR) is 90.0 cm³/mol. The number of aromatic hydroxyl groups is 2. The van der Waals surface area contributed by atoms with E-state index in [1.165, 1.54) is 12.1 Å². The molecule has 112 valence electrons. The Hall–Kier alpha value is -2.12. The van der Waals surface area contributed by atoms with Crippen LogP contribution in [0.4, 0.5) is 0 Å². The summed E-state index contributed by atoms with van der Waals surface area (Å²) in [7, 11) is 0. The van der Waals surface area contributed by atoms with Gasteiger partial charge in [-0.05, 0) is 55.0 Å². The molecule has 0 spiro atoms. The fraction of sp³-hybridized carbons (Fsp3) is 0.0667. The first kappa shape index (κ1) is 14.8. The summed E-state index contributed by atoms with van der Waals surface area (Å²) < 4.78 is 3.15. The molecule has 0 saturated heterocycles. The van der Waals surface area contributed by atoms with Crippen LogP contribution in [0.5, 0.6) is 11.5 Å². The molecule has 22 heavy (non-hydrogen) atoms. The number of phenolic OH excluding ortho intramolecular Hbond substituents is 2. The topological polar surface area (TPSA) is 74.1 Å². The van der Waals surface area contributed by atoms with Crippen LogP contribution in [0.2, 0.25) is 0 Å². The number of halogens is 1. The molecule has 0 unspecified atom stereocenters. The van der Waals surface area contributed by atoms with E-state index in [-0.39, 0.29) is 11.5 Å². The van der Waals surface area contributed by atoms with Crippen LogP contribution in [0.15, 0.2) is 40.9 Å². The Kier molecular flexibility index (Phi) is 3.76. The zero-order valence-corrected chi connectivity index (χ0v) is 13.9. The van der Waals surface area contributed by atoms with Crippen LogP contribution in [0.1, 0.15) is 5.56 Å². The van der Waals surface area contributed by atoms with Crippen molar-refractivity contribution in [3.05, 3.63) is 51.2 Å². The summed E-state index contributed by atoms with van der Waals surface area (Å²) in [6.45, 7) is 1.97. The number of aryl methyl sites for hydroxylation is 1. The maximum Gasteiger partial charge on any atom is 0.200 e. The summed E-state index contributed by atoms with van der Waals surface area (Å²) in [5.41, 5.74) is 2.35. The van der Waals surface area contributed by atoms with Crippen molar-refractivity contribution >= 4 is 28.1 Å². The Morgan fingerprint density at radius 1 is 1.18 bits per heavy atom. The van der Waals surface area contributed by atoms with Crippen LogP contribution in [-0.4, -0.2) is 25.0 Å². The predicted octanol–water partition coefficient (Wildman–Crippen LogP) is 4.08. The molecular formula is C15H12BrN3O2S. The molecule has 0 aliphatic rings. The van der Waals surface area contributed by atoms with Crippen LogP contribution >= 0.6 is 28.1 Å². The first-order valence-corrected chi connectivity index (χ1v) is 7.64. The molecule has 0 radical (unpaired) electrons. The summed E-state index contributed by atoms with van der Waals surface area (Å²) in [6, 6.07) is 10.2. The van der Waals surface area contributed by atoms with E-state index in [9.17, 15) is 10.2 Å². The minimum absolute atomic E-state index is 0.0123. The number of hydrogen-bond acceptors (Lipinski definition) is 4. The largest absolute Gasteiger partial charge is 0.508 e. The second-order valence-corrected chi connectivity index (χ2v) is 6.12. The lowest BCUT2D eigenvalue weighted by Gasteiger charge is -2.11. The number of hydrogen-bond donors (Lipinski definition) is 3. The molecule has 0 amide bonds. The molecule has 7 heteroatoms. The van der Waals surface area contributed by atoms with Gasteiger partial charge in [0.15, 0.2) is 10.6 Å². The fourth-order valence-electron chi connectivity index (χ4n) is 2.28. The van der Waals surface area contributed by atoms with E-state index in [0.29, 0.717) is 16.2 Å². The second-order valence-electron chi connectivity index (χ2n) is 4.82. The van der Waals surface area contributed by atoms with E-state index in [0.717, 1.165) is 15.7 Å². The van der Waals surface area contributed by atoms with Crippen molar-refractivity contribution in [2.24, 2.45) is 0 Å². The number of phenols is 2. The van der Waals surface area contributed by atoms with Gasteiger partial charge in [0.05, 0.1) is 11.3 Å². The van der Waals surface area contributed by atoms with Gasteiger partial charge in [-0.15, -0.1) is 0 Å². The monoisotopic (exact) mass is 377 g/mol. The van der Waals surface area contributed by atoms with Gasteiger partial charge in [-0.3, -0.25) is 9.67 Å². The molecule has 0 aliphatic heterocycles. The molecule has 3 N–H and O–H groups in total. The van der Waals surface area contributed by atoms with Crippen molar-refractivity contribution < 1.29 is 10.2 Å². The number of aromatic amines is 1. The van der Waals surface area contributed by atoms with E-state index in [4.69, 9.17) is 12.2 Å². The summed E-state index contributed by atoms with van der Waals surface area (Å²) in [6.07, 6.45) is 0. The Balaban J connectivity index is 2.26. The van der Waals surface area contributed by atoms with Crippen molar-refractivity contribution in [2.75, 3.05) is 0 Å². The molecule has 0 aliphatic carbocycles. The molecule has 0 fully saturated rings. The Bertz CT molecular complexity index is 917. The van der Waals surface area contributed by atoms with Crippen LogP contribution in [0.25, 0.3) is 17.1 Å². The third kappa shape index (κ3) is 2.53. The number of nitrogens with one attached hydrogen (secondary N) is 1. The summed E-state index contributed by atoms with van der Waals surface area (Å²) in [4.78, 5) is 0. The van der Waals surface area contributed by atoms with Gasteiger partial charge < -0.3 is 10.2 Å². The van der Waals surface area contributed by atoms with Gasteiger partial charge in [-0.2, -0.15) is 5.10 Å². The third-order valence-corrected chi connectivity index (χ3v) is 4.06. The smallest absolute Gasteiger partial charge is 0.200 e. The lowest BCUT2D eigenvalue weighted by atomic mass is 10.1. The molecule has 1 heterocycles. The standard InChI is InChI=1S/C15H12BrN3O2S/c1-8-6-9(16)2-5-12(8)19-14(17-18-15(19)22)11-4-3-10(20)7-13(11)21/h2-7,20-21H,1H3,(H,18,22). The lowest BCUT2D eigenvalue weighted by molar-refractivity contribution is 0.451. The second kappa shape index (κ2) is 5.58. The highest BCUT2D eigenvalue weighted by Crippen LogP contribution is 2.33. The Labute approximate surface area is 140 Å². The van der Waals surface area contributed by atoms with Crippen LogP contribution in [-0.2, 0) is 0 Å². The molecule has 3 rings (SSSR count). The summed E-state index contributed by atoms with van der Waals surface area (Å²) >= 11 is 8.75. The van der Waals surface area contributed by atoms with Crippen molar-refractivity contribution in [3.63, 3.8) is 0 Å². The average Bonchev–Trinajstić information content (AvgIpc) is 2.81. The third-order valence-electron chi connectivity index (χ3n) is 3.29. The zero-order valence-electron chi connectivity index (χ0n) is 11.5. The van der Waals surface area contributed by atoms with Crippen LogP contribution in [0.3, 0.4) is 0 Å². The van der Waals surface area contributed by atoms with Gasteiger partial charge in [0.25, 0.3) is 0 Å². The molecule has 0 bridgehead atoms. The van der Waals surface area contributed by atoms with Crippen LogP contribution in [0, 0.1) is 11.7 Å². The minimum Gasteiger partial charge on any atom is -0.508 e. The molecule has 2 aromatic carbocycles. The van der Waals surface area contributed by atoms with Crippen molar-refractivity contribution in [1.82, 2.24) is 14.8 Å². The normalized spacial score (nSPS) is 10.8. The number of aromatic nitrogens is 3. The highest BCUT2D eigenvalue weighted by Gasteiger charge is 2.16. The van der Waals surface area contributed by atoms with Crippen molar-refractivity contribution in [1.29, 1.82) is 0 Å². The van der Waals surface area contributed by atoms with E-state index < -0.39 is 0 Å². The Morgan fingerprint density at radius 2 is 1.95 bits per heavy atom. The zero-order chi connectivity index (χ0) is 15.9. The minimum atomic E-state index is -0.0648. The fourth-order valence-corrected chi connectivity index (χ4v) is 2.99. The highest BCUT2D eigenvalue weighted by molar-refractivity contribution is 9.10.